The van der Waals surface area contributed by atoms with Gasteiger partial charge in [0.1, 0.15) is 5.75 Å². The van der Waals surface area contributed by atoms with Crippen LogP contribution in [0.1, 0.15) is 27.6 Å². The smallest absolute Gasteiger partial charge is 0.164 e. The molecule has 0 aliphatic rings. The van der Waals surface area contributed by atoms with Crippen LogP contribution in [0, 0.1) is 0 Å². The van der Waals surface area contributed by atoms with Crippen LogP contribution >= 0.6 is 11.6 Å². The van der Waals surface area contributed by atoms with E-state index in [1.165, 1.54) is 20.1 Å². The third kappa shape index (κ3) is 1.77. The molecule has 0 N–H and O–H groups in total. The molecule has 4 heteroatoms. The topological polar surface area (TPSA) is 43.4 Å². The van der Waals surface area contributed by atoms with Crippen molar-refractivity contribution < 1.29 is 14.3 Å². The second-order valence-corrected chi connectivity index (χ2v) is 3.12. The first kappa shape index (κ1) is 10.7. The first-order valence-corrected chi connectivity index (χ1v) is 4.32. The van der Waals surface area contributed by atoms with Gasteiger partial charge in [-0.1, -0.05) is 11.6 Å². The zero-order valence-electron chi connectivity index (χ0n) is 7.83. The molecule has 0 bridgehead atoms. The fourth-order valence-electron chi connectivity index (χ4n) is 1.22. The van der Waals surface area contributed by atoms with Gasteiger partial charge in [0.2, 0.25) is 0 Å². The highest BCUT2D eigenvalue weighted by atomic mass is 35.5. The minimum atomic E-state index is -0.244. The molecule has 0 fully saturated rings. The van der Waals surface area contributed by atoms with Crippen molar-refractivity contribution in [2.75, 3.05) is 7.11 Å². The lowest BCUT2D eigenvalue weighted by atomic mass is 10.0. The van der Waals surface area contributed by atoms with E-state index in [4.69, 9.17) is 16.3 Å². The Morgan fingerprint density at radius 1 is 1.50 bits per heavy atom. The standard InChI is InChI=1S/C10H9ClO3/c1-6(13)10-7(5-12)8(11)3-4-9(10)14-2/h3-5H,1-2H3. The number of rotatable bonds is 3. The molecule has 0 heterocycles. The number of benzene rings is 1. The summed E-state index contributed by atoms with van der Waals surface area (Å²) in [4.78, 5) is 22.0. The monoisotopic (exact) mass is 212 g/mol. The van der Waals surface area contributed by atoms with Crippen molar-refractivity contribution in [1.82, 2.24) is 0 Å². The molecule has 1 rings (SSSR count). The molecule has 0 spiro atoms. The highest BCUT2D eigenvalue weighted by molar-refractivity contribution is 6.34. The highest BCUT2D eigenvalue weighted by Gasteiger charge is 2.15. The SMILES string of the molecule is COc1ccc(Cl)c(C=O)c1C(C)=O. The number of carbonyl (C=O) groups is 2. The maximum absolute atomic E-state index is 11.3. The highest BCUT2D eigenvalue weighted by Crippen LogP contribution is 2.27. The van der Waals surface area contributed by atoms with Crippen molar-refractivity contribution in [3.63, 3.8) is 0 Å². The molecule has 0 amide bonds. The number of ether oxygens (including phenoxy) is 1. The van der Waals surface area contributed by atoms with E-state index < -0.39 is 0 Å². The summed E-state index contributed by atoms with van der Waals surface area (Å²) in [6, 6.07) is 3.09. The number of ketones is 1. The second kappa shape index (κ2) is 4.24. The van der Waals surface area contributed by atoms with Crippen molar-refractivity contribution in [1.29, 1.82) is 0 Å². The summed E-state index contributed by atoms with van der Waals surface area (Å²) in [5.74, 6) is 0.121. The van der Waals surface area contributed by atoms with Crippen molar-refractivity contribution in [3.05, 3.63) is 28.3 Å². The van der Waals surface area contributed by atoms with Crippen LogP contribution in [0.25, 0.3) is 0 Å². The zero-order valence-corrected chi connectivity index (χ0v) is 8.59. The summed E-state index contributed by atoms with van der Waals surface area (Å²) >= 11 is 5.76. The van der Waals surface area contributed by atoms with Gasteiger partial charge in [-0.25, -0.2) is 0 Å². The van der Waals surface area contributed by atoms with E-state index in [2.05, 4.69) is 0 Å². The molecule has 14 heavy (non-hydrogen) atoms. The Kier molecular flexibility index (Phi) is 3.25. The molecular weight excluding hydrogens is 204 g/mol. The fraction of sp³-hybridized carbons (Fsp3) is 0.200. The van der Waals surface area contributed by atoms with Crippen LogP contribution in [0.4, 0.5) is 0 Å². The Morgan fingerprint density at radius 2 is 2.14 bits per heavy atom. The van der Waals surface area contributed by atoms with Crippen LogP contribution in [0.5, 0.6) is 5.75 Å². The van der Waals surface area contributed by atoms with Gasteiger partial charge in [-0.3, -0.25) is 9.59 Å². The molecule has 0 aliphatic heterocycles. The van der Waals surface area contributed by atoms with Crippen LogP contribution in [0.3, 0.4) is 0 Å². The third-order valence-corrected chi connectivity index (χ3v) is 2.17. The van der Waals surface area contributed by atoms with Gasteiger partial charge in [-0.2, -0.15) is 0 Å². The lowest BCUT2D eigenvalue weighted by Crippen LogP contribution is -2.03. The maximum Gasteiger partial charge on any atom is 0.164 e. The molecule has 0 saturated carbocycles. The molecule has 74 valence electrons. The van der Waals surface area contributed by atoms with Gasteiger partial charge < -0.3 is 4.74 Å². The number of methoxy groups -OCH3 is 1. The van der Waals surface area contributed by atoms with E-state index >= 15 is 0 Å². The van der Waals surface area contributed by atoms with Crippen molar-refractivity contribution in [2.24, 2.45) is 0 Å². The quantitative estimate of drug-likeness (QED) is 0.571. The van der Waals surface area contributed by atoms with Crippen molar-refractivity contribution in [3.8, 4) is 5.75 Å². The summed E-state index contributed by atoms with van der Waals surface area (Å²) in [6.45, 7) is 1.36. The predicted octanol–water partition coefficient (Wildman–Crippen LogP) is 2.36. The normalized spacial score (nSPS) is 9.64. The number of halogens is 1. The lowest BCUT2D eigenvalue weighted by Gasteiger charge is -2.08. The van der Waals surface area contributed by atoms with Gasteiger partial charge in [0.15, 0.2) is 12.1 Å². The van der Waals surface area contributed by atoms with Crippen LogP contribution in [0.15, 0.2) is 12.1 Å². The summed E-state index contributed by atoms with van der Waals surface area (Å²) < 4.78 is 4.97. The van der Waals surface area contributed by atoms with E-state index in [9.17, 15) is 9.59 Å². The number of hydrogen-bond donors (Lipinski definition) is 0. The Hall–Kier alpha value is -1.35. The molecule has 0 atom stereocenters. The molecule has 0 aromatic heterocycles. The van der Waals surface area contributed by atoms with E-state index in [1.54, 1.807) is 6.07 Å². The maximum atomic E-state index is 11.3. The molecule has 1 aromatic rings. The molecule has 0 saturated heterocycles. The Morgan fingerprint density at radius 3 is 2.57 bits per heavy atom. The Labute approximate surface area is 86.6 Å². The van der Waals surface area contributed by atoms with Crippen LogP contribution in [-0.4, -0.2) is 19.2 Å². The fourth-order valence-corrected chi connectivity index (χ4v) is 1.42. The van der Waals surface area contributed by atoms with E-state index in [0.717, 1.165) is 0 Å². The first-order valence-electron chi connectivity index (χ1n) is 3.94. The predicted molar refractivity (Wildman–Crippen MR) is 53.4 cm³/mol. The van der Waals surface area contributed by atoms with E-state index in [-0.39, 0.29) is 21.9 Å². The minimum Gasteiger partial charge on any atom is -0.496 e. The second-order valence-electron chi connectivity index (χ2n) is 2.71. The molecule has 3 nitrogen and oxygen atoms in total. The van der Waals surface area contributed by atoms with E-state index in [1.807, 2.05) is 0 Å². The number of carbonyl (C=O) groups excluding carboxylic acids is 2. The van der Waals surface area contributed by atoms with Gasteiger partial charge in [-0.05, 0) is 19.1 Å². The van der Waals surface area contributed by atoms with Crippen molar-refractivity contribution >= 4 is 23.7 Å². The van der Waals surface area contributed by atoms with Gasteiger partial charge in [0, 0.05) is 5.56 Å². The van der Waals surface area contributed by atoms with Crippen LogP contribution < -0.4 is 4.74 Å². The van der Waals surface area contributed by atoms with Crippen LogP contribution in [-0.2, 0) is 0 Å². The number of hydrogen-bond acceptors (Lipinski definition) is 3. The minimum absolute atomic E-state index is 0.179. The molecule has 0 unspecified atom stereocenters. The molecule has 0 aliphatic carbocycles. The van der Waals surface area contributed by atoms with Gasteiger partial charge in [0.25, 0.3) is 0 Å². The molecular formula is C10H9ClO3. The van der Waals surface area contributed by atoms with Gasteiger partial charge in [0.05, 0.1) is 17.7 Å². The molecule has 0 radical (unpaired) electrons. The largest absolute Gasteiger partial charge is 0.496 e. The van der Waals surface area contributed by atoms with Crippen LogP contribution in [0.2, 0.25) is 5.02 Å². The van der Waals surface area contributed by atoms with Crippen molar-refractivity contribution in [2.45, 2.75) is 6.92 Å². The lowest BCUT2D eigenvalue weighted by molar-refractivity contribution is 0.100. The zero-order chi connectivity index (χ0) is 10.7. The Bertz CT molecular complexity index is 385. The first-order chi connectivity index (χ1) is 6.61. The summed E-state index contributed by atoms with van der Waals surface area (Å²) in [5.41, 5.74) is 0.411. The average Bonchev–Trinajstić information content (AvgIpc) is 2.17. The third-order valence-electron chi connectivity index (χ3n) is 1.84. The number of aldehydes is 1. The average molecular weight is 213 g/mol. The Balaban J connectivity index is 3.51. The van der Waals surface area contributed by atoms with Gasteiger partial charge >= 0.3 is 0 Å². The summed E-state index contributed by atoms with van der Waals surface area (Å²) in [6.07, 6.45) is 0.557. The summed E-state index contributed by atoms with van der Waals surface area (Å²) in [7, 11) is 1.43. The number of Topliss-reactive ketones (excluding diaryl/α,β-unsaturated/α-hetero) is 1. The summed E-state index contributed by atoms with van der Waals surface area (Å²) in [5, 5.41) is 0.256. The van der Waals surface area contributed by atoms with E-state index in [0.29, 0.717) is 12.0 Å². The van der Waals surface area contributed by atoms with Gasteiger partial charge in [-0.15, -0.1) is 0 Å². The molecule has 1 aromatic carbocycles.